The molecule has 2 unspecified atom stereocenters. The number of carboxylic acids is 3. The Hall–Kier alpha value is -12.3. The van der Waals surface area contributed by atoms with Crippen LogP contribution in [0.3, 0.4) is 0 Å². The first kappa shape index (κ1) is 110. The molecule has 752 valence electrons. The van der Waals surface area contributed by atoms with Crippen LogP contribution in [-0.4, -0.2) is 189 Å². The maximum absolute atomic E-state index is 14.8. The van der Waals surface area contributed by atoms with Crippen molar-refractivity contribution in [1.29, 1.82) is 0 Å². The molecule has 8 aromatic rings. The number of aromatic nitrogens is 8. The molecule has 0 spiro atoms. The normalized spacial score (nSPS) is 14.8. The van der Waals surface area contributed by atoms with Gasteiger partial charge in [-0.15, -0.1) is 0 Å². The lowest BCUT2D eigenvalue weighted by molar-refractivity contribution is -0.142. The predicted molar refractivity (Wildman–Crippen MR) is 521 cm³/mol. The second-order valence-corrected chi connectivity index (χ2v) is 36.9. The number of halogens is 2. The lowest BCUT2D eigenvalue weighted by Gasteiger charge is -2.27. The third-order valence-corrected chi connectivity index (χ3v) is 25.9. The summed E-state index contributed by atoms with van der Waals surface area (Å²) < 4.78 is 80.5. The van der Waals surface area contributed by atoms with Gasteiger partial charge in [-0.25, -0.2) is 23.2 Å². The second-order valence-electron chi connectivity index (χ2n) is 36.9. The number of aliphatic carboxylic acids is 3. The summed E-state index contributed by atoms with van der Waals surface area (Å²) in [6, 6.07) is 20.6. The third kappa shape index (κ3) is 29.6. The number of rotatable bonds is 44. The number of benzene rings is 4. The highest BCUT2D eigenvalue weighted by atomic mass is 19.1. The minimum absolute atomic E-state index is 0.0233. The number of methoxy groups -OCH3 is 8. The number of hydrogen-bond donors (Lipinski definition) is 8. The first-order valence-corrected chi connectivity index (χ1v) is 48.4. The highest BCUT2D eigenvalue weighted by molar-refractivity contribution is 5.99. The first-order valence-electron chi connectivity index (χ1n) is 48.4. The standard InChI is InChI=1S/C29H44F2N4O4.2C25H35N3O5.C24H33N3O5/c1-8-11-12-32-25(36)14-20(13-18(4)5)33-29(37)23-16-24(35(34-23)17-19(9-2)10-3)26-27(38-6)21(30)15-22(31)28(26)39-7;1-15(2)16(3)28-19(22-20(32-4)12-9-13-21(22)33-5)14-18(27-28)24(29)26-23(25(30)31)17-10-7-6-8-11-17;1-5-16(2)15-28-19(22-20(32-3)12-9-13-21(22)33-4)14-18(27-28)24(29)26-23(25(30)31)17-10-7-6-8-11-17;1-15(2)14-27-18(21-19(31-3)11-8-12-20(21)32-4)13-17(26-27)23(28)25-22(24(29)30)16-9-6-5-7-10-16/h15-16,18-20H,8-14,17H2,1-7H3,(H,32,36)(H,33,37);9,12-17,23H,6-8,10-11H2,1-5H3,(H,26,29)(H,30,31);9,12-14,16-17,23H,5-8,10-11,15H2,1-4H3,(H,26,29)(H,30,31);8,11-13,15-16,22H,5-7,9-10,14H2,1-4H3,(H,25,28)(H,29,30)/t20-;2*16?,23-;22-/m0000/s1. The molecule has 34 heteroatoms. The maximum atomic E-state index is 14.8. The van der Waals surface area contributed by atoms with Gasteiger partial charge in [-0.05, 0) is 166 Å². The molecule has 4 aromatic heterocycles. The van der Waals surface area contributed by atoms with Gasteiger partial charge in [0, 0.05) is 44.7 Å². The van der Waals surface area contributed by atoms with Gasteiger partial charge in [0.05, 0.1) is 108 Å². The van der Waals surface area contributed by atoms with Crippen LogP contribution < -0.4 is 64.5 Å². The summed E-state index contributed by atoms with van der Waals surface area (Å²) in [4.78, 5) is 101. The van der Waals surface area contributed by atoms with E-state index in [4.69, 9.17) is 37.9 Å². The van der Waals surface area contributed by atoms with Crippen LogP contribution in [-0.2, 0) is 38.8 Å². The molecule has 5 amide bonds. The molecule has 3 saturated carbocycles. The lowest BCUT2D eigenvalue weighted by atomic mass is 9.84. The van der Waals surface area contributed by atoms with E-state index < -0.39 is 77.3 Å². The molecule has 0 saturated heterocycles. The molecular weight excluding hydrogens is 1760 g/mol. The van der Waals surface area contributed by atoms with E-state index in [1.165, 1.54) is 20.3 Å². The fourth-order valence-electron chi connectivity index (χ4n) is 17.9. The molecule has 137 heavy (non-hydrogen) atoms. The van der Waals surface area contributed by atoms with Crippen LogP contribution in [0.5, 0.6) is 46.0 Å². The maximum Gasteiger partial charge on any atom is 0.326 e. The smallest absolute Gasteiger partial charge is 0.326 e. The van der Waals surface area contributed by atoms with Crippen molar-refractivity contribution in [2.75, 3.05) is 63.4 Å². The van der Waals surface area contributed by atoms with Gasteiger partial charge in [-0.1, -0.05) is 178 Å². The minimum Gasteiger partial charge on any atom is -0.496 e. The zero-order valence-electron chi connectivity index (χ0n) is 83.7. The van der Waals surface area contributed by atoms with Gasteiger partial charge in [0.25, 0.3) is 23.6 Å². The van der Waals surface area contributed by atoms with E-state index in [9.17, 15) is 62.5 Å². The molecule has 6 atom stereocenters. The number of ether oxygens (including phenoxy) is 8. The summed E-state index contributed by atoms with van der Waals surface area (Å²) in [7, 11) is 12.1. The monoisotopic (exact) mass is 1910 g/mol. The highest BCUT2D eigenvalue weighted by Crippen LogP contribution is 2.46. The molecule has 32 nitrogen and oxygen atoms in total. The SMILES string of the molecule is CCC(C)Cn1nc(C(=O)N[C@H](C(=O)O)C2CCCCC2)cc1-c1c(OC)cccc1OC.CCCCNC(=O)C[C@H](CC(C)C)NC(=O)c1cc(-c2c(OC)c(F)cc(F)c2OC)n(CC(CC)CC)n1.COc1cccc(OC)c1-c1cc(C(=O)N[C@H](C(=O)O)C2CCCCC2)nn1C(C)C(C)C.COc1cccc(OC)c1-c1cc(C(=O)N[C@H](C(=O)O)C2CCCCC2)nn1CC(C)C. The summed E-state index contributed by atoms with van der Waals surface area (Å²) in [5.74, 6) is -2.49. The van der Waals surface area contributed by atoms with Crippen molar-refractivity contribution in [3.63, 3.8) is 0 Å². The number of hydrogen-bond acceptors (Lipinski definition) is 20. The molecule has 0 bridgehead atoms. The summed E-state index contributed by atoms with van der Waals surface area (Å²) in [5.41, 5.74) is 5.12. The Morgan fingerprint density at radius 1 is 0.409 bits per heavy atom. The number of carboxylic acid groups (broad SMARTS) is 3. The average molecular weight is 1910 g/mol. The lowest BCUT2D eigenvalue weighted by Crippen LogP contribution is -2.46. The topological polar surface area (TPSA) is 403 Å². The Morgan fingerprint density at radius 3 is 1.07 bits per heavy atom. The van der Waals surface area contributed by atoms with E-state index >= 15 is 0 Å². The molecule has 0 aliphatic heterocycles. The van der Waals surface area contributed by atoms with Crippen LogP contribution in [0.4, 0.5) is 8.78 Å². The molecule has 0 radical (unpaired) electrons. The molecule has 4 heterocycles. The van der Waals surface area contributed by atoms with Crippen LogP contribution in [0.1, 0.15) is 272 Å². The quantitative estimate of drug-likeness (QED) is 0.0164. The van der Waals surface area contributed by atoms with Crippen molar-refractivity contribution < 1.29 is 100 Å². The number of carbonyl (C=O) groups is 8. The van der Waals surface area contributed by atoms with Gasteiger partial charge in [0.2, 0.25) is 5.91 Å². The zero-order chi connectivity index (χ0) is 100. The molecular formula is C103H147F2N13O19. The van der Waals surface area contributed by atoms with Gasteiger partial charge >= 0.3 is 17.9 Å². The van der Waals surface area contributed by atoms with Gasteiger partial charge in [0.1, 0.15) is 52.6 Å². The van der Waals surface area contributed by atoms with E-state index in [-0.39, 0.29) is 99.6 Å². The Kier molecular flexibility index (Phi) is 43.4. The van der Waals surface area contributed by atoms with Gasteiger partial charge < -0.3 is 79.8 Å². The van der Waals surface area contributed by atoms with Crippen LogP contribution in [0, 0.1) is 59.0 Å². The Bertz CT molecular complexity index is 5180. The van der Waals surface area contributed by atoms with E-state index in [1.54, 1.807) is 79.6 Å². The molecule has 3 aliphatic rings. The largest absolute Gasteiger partial charge is 0.496 e. The van der Waals surface area contributed by atoms with Crippen LogP contribution in [0.25, 0.3) is 45.0 Å². The molecule has 4 aromatic carbocycles. The van der Waals surface area contributed by atoms with Crippen LogP contribution in [0.15, 0.2) is 84.9 Å². The number of carbonyl (C=O) groups excluding carboxylic acids is 5. The van der Waals surface area contributed by atoms with E-state index in [2.05, 4.69) is 102 Å². The Labute approximate surface area is 804 Å². The van der Waals surface area contributed by atoms with Crippen molar-refractivity contribution in [3.8, 4) is 91.0 Å². The number of nitrogens with zero attached hydrogens (tertiary/aromatic N) is 8. The number of amides is 5. The highest BCUT2D eigenvalue weighted by Gasteiger charge is 2.38. The van der Waals surface area contributed by atoms with Crippen LogP contribution >= 0.6 is 0 Å². The van der Waals surface area contributed by atoms with Crippen molar-refractivity contribution in [2.24, 2.45) is 47.3 Å². The second kappa shape index (κ2) is 54.0. The van der Waals surface area contributed by atoms with E-state index in [1.807, 2.05) is 82.3 Å². The van der Waals surface area contributed by atoms with E-state index in [0.717, 1.165) is 128 Å². The van der Waals surface area contributed by atoms with Crippen molar-refractivity contribution >= 4 is 47.4 Å². The first-order chi connectivity index (χ1) is 65.6. The molecule has 11 rings (SSSR count). The Balaban J connectivity index is 0.000000225. The van der Waals surface area contributed by atoms with Gasteiger partial charge in [-0.2, -0.15) is 20.4 Å². The Morgan fingerprint density at radius 2 is 0.745 bits per heavy atom. The van der Waals surface area contributed by atoms with Gasteiger partial charge in [-0.3, -0.25) is 42.7 Å². The van der Waals surface area contributed by atoms with E-state index in [0.29, 0.717) is 119 Å². The van der Waals surface area contributed by atoms with Gasteiger partial charge in [0.15, 0.2) is 45.9 Å². The number of unbranched alkanes of at least 4 members (excludes halogenated alkanes) is 1. The van der Waals surface area contributed by atoms with Crippen molar-refractivity contribution in [3.05, 3.63) is 119 Å². The fraction of sp³-hybridized carbons (Fsp3) is 0.573. The van der Waals surface area contributed by atoms with Crippen molar-refractivity contribution in [2.45, 2.75) is 274 Å². The fourth-order valence-corrected chi connectivity index (χ4v) is 17.9. The zero-order valence-corrected chi connectivity index (χ0v) is 83.7. The summed E-state index contributed by atoms with van der Waals surface area (Å²) >= 11 is 0. The van der Waals surface area contributed by atoms with Crippen LogP contribution in [0.2, 0.25) is 0 Å². The average Bonchev–Trinajstić information content (AvgIpc) is 1.66. The number of nitrogens with one attached hydrogen (secondary N) is 5. The van der Waals surface area contributed by atoms with Crippen molar-refractivity contribution in [1.82, 2.24) is 65.7 Å². The molecule has 8 N–H and O–H groups in total. The third-order valence-electron chi connectivity index (χ3n) is 25.9. The predicted octanol–water partition coefficient (Wildman–Crippen LogP) is 18.6. The summed E-state index contributed by atoms with van der Waals surface area (Å²) in [6.45, 7) is 26.9. The summed E-state index contributed by atoms with van der Waals surface area (Å²) in [6.07, 6.45) is 19.4. The minimum atomic E-state index is -1.00. The summed E-state index contributed by atoms with van der Waals surface area (Å²) in [5, 5.41) is 61.6. The molecule has 3 aliphatic carbocycles. The molecule has 3 fully saturated rings.